The number of aromatic hydroxyl groups is 1. The number of ether oxygens (including phenoxy) is 6. The lowest BCUT2D eigenvalue weighted by molar-refractivity contribution is -0.237. The van der Waals surface area contributed by atoms with Crippen LogP contribution in [0.2, 0.25) is 0 Å². The van der Waals surface area contributed by atoms with Gasteiger partial charge in [0.1, 0.15) is 12.7 Å². The standard InChI is InChI=1S/C35H36N2O12S/c1-17(38)28-29(23-12-13-26(44-6)25(43)14-23)24(15-36)34(37-30(28)22-10-8-7-9-11-22)50-35-33(48-21(5)42)32(47-20(4)41)31(46-19(3)40)27(49-35)16-45-18(2)39/h7-14,27,29,31-33,35,37,43H,16H2,1-6H3/t27-,29?,31-,32+,33-,35+/m1/s1. The number of Topliss-reactive ketones (excluding diaryl/α,β-unsaturated/α-hetero) is 1. The van der Waals surface area contributed by atoms with Gasteiger partial charge < -0.3 is 38.8 Å². The van der Waals surface area contributed by atoms with Crippen molar-refractivity contribution in [2.45, 2.75) is 70.4 Å². The molecule has 0 spiro atoms. The van der Waals surface area contributed by atoms with Crippen molar-refractivity contribution in [1.29, 1.82) is 5.26 Å². The zero-order chi connectivity index (χ0) is 36.7. The maximum Gasteiger partial charge on any atom is 0.303 e. The first-order chi connectivity index (χ1) is 23.7. The molecule has 0 aromatic heterocycles. The Morgan fingerprint density at radius 3 is 2.04 bits per heavy atom. The summed E-state index contributed by atoms with van der Waals surface area (Å²) in [5.74, 6) is -4.46. The predicted molar refractivity (Wildman–Crippen MR) is 177 cm³/mol. The number of allylic oxidation sites excluding steroid dienone is 2. The lowest BCUT2D eigenvalue weighted by atomic mass is 9.79. The molecule has 1 fully saturated rings. The molecule has 0 radical (unpaired) electrons. The number of rotatable bonds is 11. The molecule has 2 heterocycles. The number of carbonyl (C=O) groups excluding carboxylic acids is 5. The smallest absolute Gasteiger partial charge is 0.303 e. The van der Waals surface area contributed by atoms with Gasteiger partial charge in [0.2, 0.25) is 0 Å². The molecule has 2 aromatic rings. The van der Waals surface area contributed by atoms with Gasteiger partial charge in [-0.3, -0.25) is 24.0 Å². The van der Waals surface area contributed by atoms with Crippen molar-refractivity contribution in [3.8, 4) is 17.6 Å². The predicted octanol–water partition coefficient (Wildman–Crippen LogP) is 3.64. The highest BCUT2D eigenvalue weighted by Gasteiger charge is 2.53. The summed E-state index contributed by atoms with van der Waals surface area (Å²) in [7, 11) is 1.39. The Morgan fingerprint density at radius 2 is 1.50 bits per heavy atom. The molecule has 2 N–H and O–H groups in total. The normalized spacial score (nSPS) is 23.1. The first kappa shape index (κ1) is 37.5. The van der Waals surface area contributed by atoms with Gasteiger partial charge in [-0.2, -0.15) is 5.26 Å². The summed E-state index contributed by atoms with van der Waals surface area (Å²) in [6.45, 7) is 5.44. The third-order valence-electron chi connectivity index (χ3n) is 7.61. The third-order valence-corrected chi connectivity index (χ3v) is 8.78. The first-order valence-electron chi connectivity index (χ1n) is 15.3. The van der Waals surface area contributed by atoms with Gasteiger partial charge in [-0.25, -0.2) is 0 Å². The molecular weight excluding hydrogens is 672 g/mol. The first-order valence-corrected chi connectivity index (χ1v) is 16.2. The Labute approximate surface area is 292 Å². The Bertz CT molecular complexity index is 1770. The van der Waals surface area contributed by atoms with Crippen LogP contribution in [0.3, 0.4) is 0 Å². The van der Waals surface area contributed by atoms with Crippen molar-refractivity contribution in [1.82, 2.24) is 5.32 Å². The molecule has 2 aromatic carbocycles. The largest absolute Gasteiger partial charge is 0.504 e. The maximum atomic E-state index is 13.4. The van der Waals surface area contributed by atoms with E-state index in [1.165, 1.54) is 26.2 Å². The molecule has 2 aliphatic heterocycles. The molecule has 6 atom stereocenters. The van der Waals surface area contributed by atoms with Gasteiger partial charge in [-0.15, -0.1) is 0 Å². The minimum Gasteiger partial charge on any atom is -0.504 e. The monoisotopic (exact) mass is 708 g/mol. The van der Waals surface area contributed by atoms with Crippen LogP contribution in [0.4, 0.5) is 0 Å². The molecule has 264 valence electrons. The number of esters is 4. The topological polar surface area (TPSA) is 197 Å². The van der Waals surface area contributed by atoms with Crippen LogP contribution in [0.1, 0.15) is 51.7 Å². The second kappa shape index (κ2) is 16.4. The molecule has 50 heavy (non-hydrogen) atoms. The molecular formula is C35H36N2O12S. The number of thioether (sulfide) groups is 1. The van der Waals surface area contributed by atoms with E-state index in [2.05, 4.69) is 11.4 Å². The fraction of sp³-hybridized carbons (Fsp3) is 0.371. The van der Waals surface area contributed by atoms with Crippen molar-refractivity contribution in [2.24, 2.45) is 0 Å². The summed E-state index contributed by atoms with van der Waals surface area (Å²) < 4.78 is 33.4. The van der Waals surface area contributed by atoms with Crippen LogP contribution >= 0.6 is 11.8 Å². The van der Waals surface area contributed by atoms with E-state index in [0.717, 1.165) is 39.5 Å². The summed E-state index contributed by atoms with van der Waals surface area (Å²) in [6, 6.07) is 15.6. The van der Waals surface area contributed by atoms with Gasteiger partial charge in [-0.05, 0) is 30.2 Å². The second-order valence-electron chi connectivity index (χ2n) is 11.2. The zero-order valence-electron chi connectivity index (χ0n) is 28.1. The van der Waals surface area contributed by atoms with Gasteiger partial charge in [0.15, 0.2) is 41.0 Å². The summed E-state index contributed by atoms with van der Waals surface area (Å²) in [5.41, 5.74) is 0.324. The van der Waals surface area contributed by atoms with E-state index in [4.69, 9.17) is 28.4 Å². The molecule has 14 nitrogen and oxygen atoms in total. The van der Waals surface area contributed by atoms with Crippen LogP contribution in [-0.2, 0) is 47.7 Å². The SMILES string of the molecule is COc1ccc(C2C(C#N)=C(S[C@@H]3O[C@H](COC(C)=O)[C@@H](OC(C)=O)[C@H](OC(C)=O)[C@H]3OC(C)=O)NC(c3ccccc3)=C2C(C)=O)cc1O. The Hall–Kier alpha value is -5.33. The number of nitriles is 1. The number of phenols is 1. The minimum absolute atomic E-state index is 0.0392. The minimum atomic E-state index is -1.44. The molecule has 2 aliphatic rings. The average Bonchev–Trinajstić information content (AvgIpc) is 3.05. The molecule has 15 heteroatoms. The fourth-order valence-corrected chi connectivity index (χ4v) is 6.93. The number of benzene rings is 2. The number of nitrogens with zero attached hydrogens (tertiary/aromatic N) is 1. The van der Waals surface area contributed by atoms with Crippen molar-refractivity contribution in [3.05, 3.63) is 75.8 Å². The quantitative estimate of drug-likeness (QED) is 0.253. The van der Waals surface area contributed by atoms with E-state index in [1.54, 1.807) is 36.4 Å². The van der Waals surface area contributed by atoms with Crippen LogP contribution in [0.5, 0.6) is 11.5 Å². The number of phenolic OH excluding ortho intramolecular Hbond substituents is 1. The summed E-state index contributed by atoms with van der Waals surface area (Å²) in [5, 5.41) is 24.8. The van der Waals surface area contributed by atoms with E-state index in [9.17, 15) is 34.3 Å². The Morgan fingerprint density at radius 1 is 0.880 bits per heavy atom. The number of hydrogen-bond acceptors (Lipinski definition) is 15. The van der Waals surface area contributed by atoms with Crippen molar-refractivity contribution < 1.29 is 57.5 Å². The van der Waals surface area contributed by atoms with Gasteiger partial charge in [-0.1, -0.05) is 48.2 Å². The number of carbonyl (C=O) groups is 5. The molecule has 1 saturated heterocycles. The van der Waals surface area contributed by atoms with Gasteiger partial charge in [0.05, 0.1) is 35.4 Å². The number of nitrogens with one attached hydrogen (secondary N) is 1. The van der Waals surface area contributed by atoms with E-state index in [0.29, 0.717) is 16.8 Å². The highest BCUT2D eigenvalue weighted by atomic mass is 32.2. The average molecular weight is 709 g/mol. The highest BCUT2D eigenvalue weighted by molar-refractivity contribution is 8.03. The maximum absolute atomic E-state index is 13.4. The van der Waals surface area contributed by atoms with Gasteiger partial charge in [0.25, 0.3) is 0 Å². The number of dihydropyridines is 1. The van der Waals surface area contributed by atoms with Crippen molar-refractivity contribution in [3.63, 3.8) is 0 Å². The molecule has 0 saturated carbocycles. The molecule has 4 rings (SSSR count). The van der Waals surface area contributed by atoms with Crippen LogP contribution in [0, 0.1) is 11.3 Å². The van der Waals surface area contributed by atoms with Crippen LogP contribution in [0.15, 0.2) is 64.7 Å². The lowest BCUT2D eigenvalue weighted by Gasteiger charge is -2.44. The van der Waals surface area contributed by atoms with Crippen molar-refractivity contribution in [2.75, 3.05) is 13.7 Å². The summed E-state index contributed by atoms with van der Waals surface area (Å²) in [4.78, 5) is 62.2. The highest BCUT2D eigenvalue weighted by Crippen LogP contribution is 2.47. The van der Waals surface area contributed by atoms with Gasteiger partial charge in [0, 0.05) is 33.3 Å². The van der Waals surface area contributed by atoms with E-state index >= 15 is 0 Å². The summed E-state index contributed by atoms with van der Waals surface area (Å²) >= 11 is 0.878. The molecule has 0 aliphatic carbocycles. The van der Waals surface area contributed by atoms with E-state index < -0.39 is 66.3 Å². The Kier molecular flexibility index (Phi) is 12.3. The summed E-state index contributed by atoms with van der Waals surface area (Å²) in [6.07, 6.45) is -5.46. The van der Waals surface area contributed by atoms with E-state index in [1.807, 2.05) is 0 Å². The van der Waals surface area contributed by atoms with E-state index in [-0.39, 0.29) is 33.5 Å². The molecule has 0 bridgehead atoms. The third kappa shape index (κ3) is 8.63. The van der Waals surface area contributed by atoms with Crippen molar-refractivity contribution >= 4 is 47.1 Å². The Balaban J connectivity index is 1.93. The zero-order valence-corrected chi connectivity index (χ0v) is 28.9. The van der Waals surface area contributed by atoms with Crippen LogP contribution < -0.4 is 10.1 Å². The van der Waals surface area contributed by atoms with Gasteiger partial charge >= 0.3 is 23.9 Å². The van der Waals surface area contributed by atoms with Crippen LogP contribution in [0.25, 0.3) is 5.70 Å². The molecule has 1 unspecified atom stereocenters. The number of ketones is 1. The lowest BCUT2D eigenvalue weighted by Crippen LogP contribution is -2.61. The second-order valence-corrected chi connectivity index (χ2v) is 12.3. The number of hydrogen-bond donors (Lipinski definition) is 2. The number of methoxy groups -OCH3 is 1. The molecule has 0 amide bonds. The fourth-order valence-electron chi connectivity index (χ4n) is 5.71. The van der Waals surface area contributed by atoms with Crippen LogP contribution in [-0.4, -0.2) is 78.3 Å².